The molecule has 1 N–H and O–H groups in total. The van der Waals surface area contributed by atoms with Crippen LogP contribution in [0.3, 0.4) is 0 Å². The highest BCUT2D eigenvalue weighted by Crippen LogP contribution is 2.50. The second-order valence-electron chi connectivity index (χ2n) is 7.82. The van der Waals surface area contributed by atoms with Crippen molar-refractivity contribution in [3.63, 3.8) is 0 Å². The van der Waals surface area contributed by atoms with Gasteiger partial charge in [0.2, 0.25) is 6.43 Å². The van der Waals surface area contributed by atoms with E-state index in [0.717, 1.165) is 0 Å². The second-order valence-corrected chi connectivity index (χ2v) is 8.23. The summed E-state index contributed by atoms with van der Waals surface area (Å²) < 4.78 is 28.2. The minimum Gasteiger partial charge on any atom is -0.340 e. The molecule has 1 aliphatic carbocycles. The van der Waals surface area contributed by atoms with Gasteiger partial charge in [-0.3, -0.25) is 4.79 Å². The van der Waals surface area contributed by atoms with Gasteiger partial charge in [-0.15, -0.1) is 5.10 Å². The third-order valence-corrected chi connectivity index (χ3v) is 5.99. The molecule has 10 heteroatoms. The summed E-state index contributed by atoms with van der Waals surface area (Å²) in [6, 6.07) is 15.5. The number of carbonyl (C=O) groups excluding carboxylic acids is 1. The van der Waals surface area contributed by atoms with Crippen LogP contribution in [-0.2, 0) is 0 Å². The molecule has 0 bridgehead atoms. The summed E-state index contributed by atoms with van der Waals surface area (Å²) >= 11 is 6.30. The third kappa shape index (κ3) is 4.78. The van der Waals surface area contributed by atoms with Crippen LogP contribution in [0, 0.1) is 11.8 Å². The van der Waals surface area contributed by atoms with Gasteiger partial charge in [-0.25, -0.2) is 8.78 Å². The zero-order valence-electron chi connectivity index (χ0n) is 17.4. The normalized spacial score (nSPS) is 18.5. The van der Waals surface area contributed by atoms with Gasteiger partial charge in [0.25, 0.3) is 5.91 Å². The lowest BCUT2D eigenvalue weighted by molar-refractivity contribution is 0.0794. The van der Waals surface area contributed by atoms with Crippen molar-refractivity contribution < 1.29 is 13.6 Å². The fraction of sp³-hybridized carbons (Fsp3) is 0.364. The smallest absolute Gasteiger partial charge is 0.253 e. The summed E-state index contributed by atoms with van der Waals surface area (Å²) in [6.07, 6.45) is -2.03. The fourth-order valence-corrected chi connectivity index (χ4v) is 4.03. The van der Waals surface area contributed by atoms with Gasteiger partial charge in [-0.1, -0.05) is 41.9 Å². The Labute approximate surface area is 189 Å². The molecule has 3 atom stereocenters. The monoisotopic (exact) mass is 460 g/mol. The maximum Gasteiger partial charge on any atom is 0.253 e. The van der Waals surface area contributed by atoms with E-state index in [1.54, 1.807) is 48.3 Å². The molecule has 0 aliphatic heterocycles. The molecule has 7 nitrogen and oxygen atoms in total. The molecule has 1 aliphatic rings. The van der Waals surface area contributed by atoms with Gasteiger partial charge in [0, 0.05) is 31.6 Å². The average molecular weight is 461 g/mol. The molecule has 1 amide bonds. The number of nitrogens with one attached hydrogen (secondary N) is 1. The third-order valence-electron chi connectivity index (χ3n) is 5.67. The highest BCUT2D eigenvalue weighted by Gasteiger charge is 2.50. The van der Waals surface area contributed by atoms with Crippen molar-refractivity contribution >= 4 is 17.5 Å². The minimum absolute atomic E-state index is 0.110. The van der Waals surface area contributed by atoms with E-state index in [1.807, 2.05) is 18.2 Å². The van der Waals surface area contributed by atoms with Gasteiger partial charge in [0.1, 0.15) is 0 Å². The zero-order chi connectivity index (χ0) is 22.7. The Morgan fingerprint density at radius 3 is 2.59 bits per heavy atom. The van der Waals surface area contributed by atoms with Crippen LogP contribution in [0.1, 0.15) is 28.6 Å². The molecular formula is C22H23ClF2N6O. The number of rotatable bonds is 9. The number of tetrazole rings is 1. The molecule has 168 valence electrons. The van der Waals surface area contributed by atoms with Crippen molar-refractivity contribution in [1.29, 1.82) is 0 Å². The second kappa shape index (κ2) is 9.70. The van der Waals surface area contributed by atoms with Crippen LogP contribution in [0.5, 0.6) is 0 Å². The topological polar surface area (TPSA) is 75.9 Å². The van der Waals surface area contributed by atoms with Crippen molar-refractivity contribution in [3.8, 4) is 5.69 Å². The standard InChI is InChI=1S/C22H23ClF2N6O/c1-30(22(32)14-7-3-2-4-8-14)12-11-26-19(15-13-16(15)20(24)25)21-27-28-29-31(21)18-10-6-5-9-17(18)23/h2-10,15-16,19-20,26H,11-13H2,1H3/t15-,16+,19?/m1/s1. The van der Waals surface area contributed by atoms with Crippen LogP contribution in [0.25, 0.3) is 5.69 Å². The maximum absolute atomic E-state index is 13.3. The van der Waals surface area contributed by atoms with E-state index in [-0.39, 0.29) is 11.8 Å². The molecule has 1 heterocycles. The first-order valence-corrected chi connectivity index (χ1v) is 10.7. The Bertz CT molecular complexity index is 1060. The van der Waals surface area contributed by atoms with E-state index >= 15 is 0 Å². The predicted octanol–water partition coefficient (Wildman–Crippen LogP) is 3.62. The first-order chi connectivity index (χ1) is 15.5. The Morgan fingerprint density at radius 2 is 1.91 bits per heavy atom. The van der Waals surface area contributed by atoms with E-state index in [4.69, 9.17) is 11.6 Å². The number of nitrogens with zero attached hydrogens (tertiary/aromatic N) is 5. The van der Waals surface area contributed by atoms with E-state index in [2.05, 4.69) is 20.8 Å². The molecule has 2 aromatic carbocycles. The maximum atomic E-state index is 13.3. The van der Waals surface area contributed by atoms with Crippen molar-refractivity contribution in [1.82, 2.24) is 30.4 Å². The Balaban J connectivity index is 1.49. The minimum atomic E-state index is -2.41. The van der Waals surface area contributed by atoms with Crippen molar-refractivity contribution in [3.05, 3.63) is 71.0 Å². The number of likely N-dealkylation sites (N-methyl/N-ethyl adjacent to an activating group) is 1. The molecule has 0 radical (unpaired) electrons. The molecule has 1 fully saturated rings. The van der Waals surface area contributed by atoms with E-state index in [0.29, 0.717) is 41.6 Å². The molecule has 0 spiro atoms. The summed E-state index contributed by atoms with van der Waals surface area (Å²) in [7, 11) is 1.71. The largest absolute Gasteiger partial charge is 0.340 e. The van der Waals surface area contributed by atoms with Crippen LogP contribution in [0.15, 0.2) is 54.6 Å². The predicted molar refractivity (Wildman–Crippen MR) is 116 cm³/mol. The van der Waals surface area contributed by atoms with E-state index < -0.39 is 18.4 Å². The van der Waals surface area contributed by atoms with Crippen molar-refractivity contribution in [2.75, 3.05) is 20.1 Å². The van der Waals surface area contributed by atoms with E-state index in [9.17, 15) is 13.6 Å². The number of carbonyl (C=O) groups is 1. The number of halogens is 3. The van der Waals surface area contributed by atoms with Gasteiger partial charge in [-0.2, -0.15) is 4.68 Å². The molecule has 3 aromatic rings. The van der Waals surface area contributed by atoms with Crippen molar-refractivity contribution in [2.45, 2.75) is 18.9 Å². The molecular weight excluding hydrogens is 438 g/mol. The first kappa shape index (κ1) is 22.3. The quantitative estimate of drug-likeness (QED) is 0.528. The van der Waals surface area contributed by atoms with Crippen LogP contribution in [-0.4, -0.2) is 57.6 Å². The van der Waals surface area contributed by atoms with Gasteiger partial charge < -0.3 is 10.2 Å². The Hall–Kier alpha value is -2.91. The highest BCUT2D eigenvalue weighted by molar-refractivity contribution is 6.32. The van der Waals surface area contributed by atoms with Gasteiger partial charge in [-0.05, 0) is 47.0 Å². The number of hydrogen-bond acceptors (Lipinski definition) is 5. The SMILES string of the molecule is CN(CCNC(c1nnnn1-c1ccccc1Cl)[C@@H]1C[C@@H]1C(F)F)C(=O)c1ccccc1. The number of alkyl halides is 2. The van der Waals surface area contributed by atoms with Crippen LogP contribution in [0.2, 0.25) is 5.02 Å². The number of aromatic nitrogens is 4. The molecule has 1 unspecified atom stereocenters. The zero-order valence-corrected chi connectivity index (χ0v) is 18.2. The molecule has 1 aromatic heterocycles. The fourth-order valence-electron chi connectivity index (χ4n) is 3.82. The summed E-state index contributed by atoms with van der Waals surface area (Å²) in [5, 5.41) is 15.7. The molecule has 4 rings (SSSR count). The van der Waals surface area contributed by atoms with Gasteiger partial charge in [0.05, 0.1) is 16.8 Å². The summed E-state index contributed by atoms with van der Waals surface area (Å²) in [5.41, 5.74) is 1.17. The average Bonchev–Trinajstić information content (AvgIpc) is 3.46. The lowest BCUT2D eigenvalue weighted by Gasteiger charge is -2.22. The highest BCUT2D eigenvalue weighted by atomic mass is 35.5. The Kier molecular flexibility index (Phi) is 6.76. The number of hydrogen-bond donors (Lipinski definition) is 1. The van der Waals surface area contributed by atoms with Gasteiger partial charge >= 0.3 is 0 Å². The summed E-state index contributed by atoms with van der Waals surface area (Å²) in [5.74, 6) is -0.713. The molecule has 32 heavy (non-hydrogen) atoms. The first-order valence-electron chi connectivity index (χ1n) is 10.3. The number of benzene rings is 2. The molecule has 1 saturated carbocycles. The summed E-state index contributed by atoms with van der Waals surface area (Å²) in [4.78, 5) is 14.2. The molecule has 0 saturated heterocycles. The number of amides is 1. The summed E-state index contributed by atoms with van der Waals surface area (Å²) in [6.45, 7) is 0.783. The van der Waals surface area contributed by atoms with Crippen LogP contribution < -0.4 is 5.32 Å². The van der Waals surface area contributed by atoms with Crippen molar-refractivity contribution in [2.24, 2.45) is 11.8 Å². The van der Waals surface area contributed by atoms with Gasteiger partial charge in [0.15, 0.2) is 5.82 Å². The lowest BCUT2D eigenvalue weighted by Crippen LogP contribution is -2.37. The van der Waals surface area contributed by atoms with Crippen LogP contribution in [0.4, 0.5) is 8.78 Å². The van der Waals surface area contributed by atoms with Crippen LogP contribution >= 0.6 is 11.6 Å². The van der Waals surface area contributed by atoms with E-state index in [1.165, 1.54) is 4.68 Å². The lowest BCUT2D eigenvalue weighted by atomic mass is 10.1. The Morgan fingerprint density at radius 1 is 1.19 bits per heavy atom. The number of para-hydroxylation sites is 1.